The van der Waals surface area contributed by atoms with E-state index >= 15 is 0 Å². The third kappa shape index (κ3) is 2.65. The first-order valence-electron chi connectivity index (χ1n) is 4.92. The number of hydrogen-bond donors (Lipinski definition) is 0. The summed E-state index contributed by atoms with van der Waals surface area (Å²) in [6.07, 6.45) is 0. The maximum absolute atomic E-state index is 13.9. The van der Waals surface area contributed by atoms with Crippen molar-refractivity contribution < 1.29 is 4.39 Å². The highest BCUT2D eigenvalue weighted by Gasteiger charge is 2.13. The molecule has 0 N–H and O–H groups in total. The molecule has 0 saturated heterocycles. The van der Waals surface area contributed by atoms with Crippen LogP contribution in [0.15, 0.2) is 36.4 Å². The number of rotatable bonds is 2. The van der Waals surface area contributed by atoms with Crippen LogP contribution in [0.1, 0.15) is 5.56 Å². The third-order valence-electron chi connectivity index (χ3n) is 2.44. The number of alkyl halides is 1. The van der Waals surface area contributed by atoms with Crippen molar-refractivity contribution in [2.75, 3.05) is 0 Å². The van der Waals surface area contributed by atoms with Gasteiger partial charge in [0.2, 0.25) is 0 Å². The maximum Gasteiger partial charge on any atom is 0.131 e. The first-order valence-corrected chi connectivity index (χ1v) is 6.80. The summed E-state index contributed by atoms with van der Waals surface area (Å²) in [6.45, 7) is 0. The third-order valence-corrected chi connectivity index (χ3v) is 3.61. The average Bonchev–Trinajstić information content (AvgIpc) is 2.32. The normalized spacial score (nSPS) is 10.6. The van der Waals surface area contributed by atoms with Gasteiger partial charge in [-0.15, -0.1) is 0 Å². The van der Waals surface area contributed by atoms with Gasteiger partial charge in [0.05, 0.1) is 0 Å². The Labute approximate surface area is 117 Å². The second kappa shape index (κ2) is 5.38. The maximum atomic E-state index is 13.9. The Morgan fingerprint density at radius 1 is 1.12 bits per heavy atom. The molecule has 0 spiro atoms. The van der Waals surface area contributed by atoms with E-state index in [1.54, 1.807) is 24.3 Å². The van der Waals surface area contributed by atoms with E-state index < -0.39 is 0 Å². The standard InChI is InChI=1S/C13H8BrCl2F/c14-7-8-2-1-3-12(17)13(8)10-6-9(15)4-5-11(10)16/h1-6H,7H2. The summed E-state index contributed by atoms with van der Waals surface area (Å²) in [7, 11) is 0. The topological polar surface area (TPSA) is 0 Å². The van der Waals surface area contributed by atoms with Crippen molar-refractivity contribution in [3.8, 4) is 11.1 Å². The van der Waals surface area contributed by atoms with E-state index in [2.05, 4.69) is 15.9 Å². The fourth-order valence-corrected chi connectivity index (χ4v) is 2.52. The fourth-order valence-electron chi connectivity index (χ4n) is 1.67. The van der Waals surface area contributed by atoms with Crippen LogP contribution in [0, 0.1) is 5.82 Å². The lowest BCUT2D eigenvalue weighted by Gasteiger charge is -2.11. The Bertz CT molecular complexity index is 555. The highest BCUT2D eigenvalue weighted by Crippen LogP contribution is 2.35. The first kappa shape index (κ1) is 12.9. The average molecular weight is 334 g/mol. The van der Waals surface area contributed by atoms with Crippen molar-refractivity contribution in [2.24, 2.45) is 0 Å². The SMILES string of the molecule is Fc1cccc(CBr)c1-c1cc(Cl)ccc1Cl. The molecule has 0 unspecified atom stereocenters. The highest BCUT2D eigenvalue weighted by molar-refractivity contribution is 9.08. The molecule has 0 aliphatic carbocycles. The Morgan fingerprint density at radius 2 is 1.88 bits per heavy atom. The van der Waals surface area contributed by atoms with E-state index in [4.69, 9.17) is 23.2 Å². The zero-order valence-electron chi connectivity index (χ0n) is 8.68. The molecule has 0 atom stereocenters. The van der Waals surface area contributed by atoms with Gasteiger partial charge < -0.3 is 0 Å². The molecule has 0 nitrogen and oxygen atoms in total. The van der Waals surface area contributed by atoms with E-state index in [1.807, 2.05) is 6.07 Å². The minimum Gasteiger partial charge on any atom is -0.206 e. The van der Waals surface area contributed by atoms with Crippen molar-refractivity contribution in [2.45, 2.75) is 5.33 Å². The monoisotopic (exact) mass is 332 g/mol. The van der Waals surface area contributed by atoms with Gasteiger partial charge in [-0.2, -0.15) is 0 Å². The quantitative estimate of drug-likeness (QED) is 0.619. The summed E-state index contributed by atoms with van der Waals surface area (Å²) in [5.41, 5.74) is 1.96. The molecule has 0 fully saturated rings. The molecule has 0 aliphatic rings. The van der Waals surface area contributed by atoms with Crippen LogP contribution in [-0.2, 0) is 5.33 Å². The van der Waals surface area contributed by atoms with E-state index in [0.29, 0.717) is 26.5 Å². The smallest absolute Gasteiger partial charge is 0.131 e. The van der Waals surface area contributed by atoms with Crippen LogP contribution in [0.3, 0.4) is 0 Å². The largest absolute Gasteiger partial charge is 0.206 e. The zero-order chi connectivity index (χ0) is 12.4. The molecule has 0 bridgehead atoms. The van der Waals surface area contributed by atoms with Crippen molar-refractivity contribution in [3.63, 3.8) is 0 Å². The molecule has 4 heteroatoms. The predicted molar refractivity (Wildman–Crippen MR) is 74.5 cm³/mol. The Morgan fingerprint density at radius 3 is 2.59 bits per heavy atom. The lowest BCUT2D eigenvalue weighted by molar-refractivity contribution is 0.630. The minimum absolute atomic E-state index is 0.300. The van der Waals surface area contributed by atoms with Crippen LogP contribution in [-0.4, -0.2) is 0 Å². The van der Waals surface area contributed by atoms with Gasteiger partial charge in [-0.05, 0) is 29.8 Å². The number of benzene rings is 2. The molecule has 17 heavy (non-hydrogen) atoms. The Kier molecular flexibility index (Phi) is 4.08. The summed E-state index contributed by atoms with van der Waals surface area (Å²) >= 11 is 15.4. The van der Waals surface area contributed by atoms with Gasteiger partial charge in [0.25, 0.3) is 0 Å². The van der Waals surface area contributed by atoms with Crippen LogP contribution >= 0.6 is 39.1 Å². The molecule has 88 valence electrons. The van der Waals surface area contributed by atoms with E-state index in [1.165, 1.54) is 6.07 Å². The van der Waals surface area contributed by atoms with Crippen molar-refractivity contribution >= 4 is 39.1 Å². The molecule has 0 radical (unpaired) electrons. The van der Waals surface area contributed by atoms with Crippen molar-refractivity contribution in [3.05, 3.63) is 57.8 Å². The molecule has 0 saturated carbocycles. The Hall–Kier alpha value is -0.570. The molecular formula is C13H8BrCl2F. The van der Waals surface area contributed by atoms with Crippen molar-refractivity contribution in [1.82, 2.24) is 0 Å². The van der Waals surface area contributed by atoms with Crippen LogP contribution < -0.4 is 0 Å². The van der Waals surface area contributed by atoms with Gasteiger partial charge in [0.15, 0.2) is 0 Å². The van der Waals surface area contributed by atoms with Crippen LogP contribution in [0.25, 0.3) is 11.1 Å². The number of hydrogen-bond acceptors (Lipinski definition) is 0. The van der Waals surface area contributed by atoms with Gasteiger partial charge in [0.1, 0.15) is 5.82 Å². The summed E-state index contributed by atoms with van der Waals surface area (Å²) in [5, 5.41) is 1.58. The number of halogens is 4. The second-order valence-electron chi connectivity index (χ2n) is 3.53. The lowest BCUT2D eigenvalue weighted by atomic mass is 10.00. The van der Waals surface area contributed by atoms with E-state index in [0.717, 1.165) is 5.56 Å². The van der Waals surface area contributed by atoms with Gasteiger partial charge in [-0.1, -0.05) is 51.3 Å². The van der Waals surface area contributed by atoms with Gasteiger partial charge in [-0.3, -0.25) is 0 Å². The molecule has 0 aliphatic heterocycles. The van der Waals surface area contributed by atoms with Gasteiger partial charge >= 0.3 is 0 Å². The predicted octanol–water partition coefficient (Wildman–Crippen LogP) is 5.69. The van der Waals surface area contributed by atoms with E-state index in [9.17, 15) is 4.39 Å². The summed E-state index contributed by atoms with van der Waals surface area (Å²) < 4.78 is 13.9. The molecule has 2 rings (SSSR count). The minimum atomic E-state index is -0.300. The van der Waals surface area contributed by atoms with Crippen molar-refractivity contribution in [1.29, 1.82) is 0 Å². The second-order valence-corrected chi connectivity index (χ2v) is 4.94. The molecular weight excluding hydrogens is 326 g/mol. The molecule has 2 aromatic rings. The molecule has 0 amide bonds. The van der Waals surface area contributed by atoms with Crippen LogP contribution in [0.5, 0.6) is 0 Å². The fraction of sp³-hybridized carbons (Fsp3) is 0.0769. The molecule has 2 aromatic carbocycles. The summed E-state index contributed by atoms with van der Waals surface area (Å²) in [4.78, 5) is 0. The molecule has 0 aromatic heterocycles. The highest BCUT2D eigenvalue weighted by atomic mass is 79.9. The zero-order valence-corrected chi connectivity index (χ0v) is 11.8. The summed E-state index contributed by atoms with van der Waals surface area (Å²) in [5.74, 6) is -0.300. The molecule has 0 heterocycles. The van der Waals surface area contributed by atoms with E-state index in [-0.39, 0.29) is 5.82 Å². The Balaban J connectivity index is 2.71. The van der Waals surface area contributed by atoms with Crippen LogP contribution in [0.4, 0.5) is 4.39 Å². The summed E-state index contributed by atoms with van der Waals surface area (Å²) in [6, 6.07) is 9.97. The first-order chi connectivity index (χ1) is 8.13. The lowest BCUT2D eigenvalue weighted by Crippen LogP contribution is -1.91. The van der Waals surface area contributed by atoms with Gasteiger partial charge in [0, 0.05) is 26.5 Å². The van der Waals surface area contributed by atoms with Gasteiger partial charge in [-0.25, -0.2) is 4.39 Å². The van der Waals surface area contributed by atoms with Crippen LogP contribution in [0.2, 0.25) is 10.0 Å².